The molecule has 0 spiro atoms. The normalized spacial score (nSPS) is 44.4. The van der Waals surface area contributed by atoms with Crippen LogP contribution in [0.4, 0.5) is 0 Å². The highest BCUT2D eigenvalue weighted by molar-refractivity contribution is 4.94. The maximum absolute atomic E-state index is 2.40. The zero-order chi connectivity index (χ0) is 24.0. The number of fused-ring (bicyclic) bond motifs is 2. The number of unbranched alkanes of at least 4 members (excludes halogenated alkanes) is 3. The Labute approximate surface area is 220 Å². The second-order valence-corrected chi connectivity index (χ2v) is 14.9. The molecule has 0 heteroatoms. The molecule has 0 aromatic heterocycles. The molecule has 0 aliphatic heterocycles. The summed E-state index contributed by atoms with van der Waals surface area (Å²) in [6.07, 6.45) is 36.0. The minimum Gasteiger partial charge on any atom is -0.0654 e. The van der Waals surface area contributed by atoms with E-state index < -0.39 is 0 Å². The Bertz CT molecular complexity index is 599. The summed E-state index contributed by atoms with van der Waals surface area (Å²) in [5, 5.41) is 0. The van der Waals surface area contributed by atoms with E-state index in [-0.39, 0.29) is 0 Å². The molecule has 0 aromatic carbocycles. The topological polar surface area (TPSA) is 0 Å². The maximum atomic E-state index is 2.40. The van der Waals surface area contributed by atoms with E-state index in [1.54, 1.807) is 109 Å². The van der Waals surface area contributed by atoms with E-state index in [9.17, 15) is 0 Å². The third kappa shape index (κ3) is 6.91. The van der Waals surface area contributed by atoms with Crippen molar-refractivity contribution in [1.82, 2.24) is 0 Å². The highest BCUT2D eigenvalue weighted by Gasteiger charge is 2.43. The van der Waals surface area contributed by atoms with E-state index in [2.05, 4.69) is 13.8 Å². The van der Waals surface area contributed by atoms with Gasteiger partial charge in [0, 0.05) is 0 Å². The predicted molar refractivity (Wildman–Crippen MR) is 152 cm³/mol. The van der Waals surface area contributed by atoms with Crippen molar-refractivity contribution in [2.75, 3.05) is 0 Å². The Morgan fingerprint density at radius 3 is 1.29 bits per heavy atom. The predicted octanol–water partition coefficient (Wildman–Crippen LogP) is 11.2. The Hall–Kier alpha value is 0. The van der Waals surface area contributed by atoms with Crippen molar-refractivity contribution in [3.05, 3.63) is 0 Å². The molecule has 0 bridgehead atoms. The van der Waals surface area contributed by atoms with E-state index in [4.69, 9.17) is 0 Å². The Kier molecular flexibility index (Phi) is 10.0. The molecule has 0 amide bonds. The van der Waals surface area contributed by atoms with Crippen molar-refractivity contribution in [2.24, 2.45) is 59.2 Å². The SMILES string of the molecule is CCCCCCC1CCC(C2CCC3CC(C4CCC5CC(CCC)CCC5C4)CCC3C2)CC1. The lowest BCUT2D eigenvalue weighted by atomic mass is 9.56. The van der Waals surface area contributed by atoms with Crippen molar-refractivity contribution in [3.63, 3.8) is 0 Å². The molecule has 35 heavy (non-hydrogen) atoms. The van der Waals surface area contributed by atoms with Crippen LogP contribution in [-0.2, 0) is 0 Å². The van der Waals surface area contributed by atoms with E-state index in [1.807, 2.05) is 0 Å². The van der Waals surface area contributed by atoms with Gasteiger partial charge in [-0.15, -0.1) is 0 Å². The fourth-order valence-electron chi connectivity index (χ4n) is 10.7. The summed E-state index contributed by atoms with van der Waals surface area (Å²) in [5.41, 5.74) is 0. The molecule has 0 aromatic rings. The van der Waals surface area contributed by atoms with Crippen LogP contribution in [0.25, 0.3) is 0 Å². The molecule has 5 fully saturated rings. The number of hydrogen-bond donors (Lipinski definition) is 0. The molecule has 0 radical (unpaired) electrons. The van der Waals surface area contributed by atoms with Gasteiger partial charge in [0.25, 0.3) is 0 Å². The summed E-state index contributed by atoms with van der Waals surface area (Å²) in [6, 6.07) is 0. The molecule has 0 nitrogen and oxygen atoms in total. The first-order chi connectivity index (χ1) is 17.2. The van der Waals surface area contributed by atoms with Crippen LogP contribution >= 0.6 is 0 Å². The number of hydrogen-bond acceptors (Lipinski definition) is 0. The summed E-state index contributed by atoms with van der Waals surface area (Å²) >= 11 is 0. The van der Waals surface area contributed by atoms with Gasteiger partial charge in [0.2, 0.25) is 0 Å². The monoisotopic (exact) mass is 482 g/mol. The lowest BCUT2D eigenvalue weighted by Gasteiger charge is -2.49. The molecular formula is C35H62. The van der Waals surface area contributed by atoms with Gasteiger partial charge in [0.15, 0.2) is 0 Å². The van der Waals surface area contributed by atoms with E-state index in [0.717, 1.165) is 59.2 Å². The highest BCUT2D eigenvalue weighted by atomic mass is 14.5. The summed E-state index contributed by atoms with van der Waals surface area (Å²) in [6.45, 7) is 4.74. The smallest absolute Gasteiger partial charge is 0.0383 e. The summed E-state index contributed by atoms with van der Waals surface area (Å²) in [5.74, 6) is 11.1. The van der Waals surface area contributed by atoms with Crippen LogP contribution in [0.15, 0.2) is 0 Å². The van der Waals surface area contributed by atoms with E-state index in [1.165, 1.54) is 38.5 Å². The summed E-state index contributed by atoms with van der Waals surface area (Å²) in [4.78, 5) is 0. The molecule has 8 unspecified atom stereocenters. The van der Waals surface area contributed by atoms with Gasteiger partial charge in [-0.2, -0.15) is 0 Å². The van der Waals surface area contributed by atoms with Gasteiger partial charge < -0.3 is 0 Å². The van der Waals surface area contributed by atoms with Gasteiger partial charge in [-0.1, -0.05) is 78.1 Å². The molecule has 5 aliphatic rings. The molecule has 5 saturated carbocycles. The van der Waals surface area contributed by atoms with Crippen molar-refractivity contribution < 1.29 is 0 Å². The third-order valence-corrected chi connectivity index (χ3v) is 12.8. The second kappa shape index (κ2) is 13.2. The van der Waals surface area contributed by atoms with Crippen LogP contribution in [0.5, 0.6) is 0 Å². The Morgan fingerprint density at radius 1 is 0.343 bits per heavy atom. The number of rotatable bonds is 9. The van der Waals surface area contributed by atoms with E-state index in [0.29, 0.717) is 0 Å². The fourth-order valence-corrected chi connectivity index (χ4v) is 10.7. The minimum atomic E-state index is 1.09. The van der Waals surface area contributed by atoms with Crippen LogP contribution in [0.3, 0.4) is 0 Å². The molecule has 5 aliphatic carbocycles. The van der Waals surface area contributed by atoms with Gasteiger partial charge in [-0.25, -0.2) is 0 Å². The third-order valence-electron chi connectivity index (χ3n) is 12.8. The minimum absolute atomic E-state index is 1.09. The average molecular weight is 483 g/mol. The first-order valence-corrected chi connectivity index (χ1v) is 17.2. The quantitative estimate of drug-likeness (QED) is 0.287. The molecule has 8 atom stereocenters. The largest absolute Gasteiger partial charge is 0.0654 e. The molecule has 5 rings (SSSR count). The Balaban J connectivity index is 1.02. The molecule has 202 valence electrons. The van der Waals surface area contributed by atoms with Crippen molar-refractivity contribution in [1.29, 1.82) is 0 Å². The van der Waals surface area contributed by atoms with Crippen molar-refractivity contribution in [3.8, 4) is 0 Å². The van der Waals surface area contributed by atoms with Crippen LogP contribution in [-0.4, -0.2) is 0 Å². The molecule has 0 N–H and O–H groups in total. The van der Waals surface area contributed by atoms with Crippen LogP contribution in [0.2, 0.25) is 0 Å². The van der Waals surface area contributed by atoms with Crippen molar-refractivity contribution >= 4 is 0 Å². The molecule has 0 heterocycles. The fraction of sp³-hybridized carbons (Fsp3) is 1.00. The standard InChI is InChI=1S/C35H62/c1-3-5-6-7-9-26-10-13-28(14-11-26)30-17-19-34-25-35(21-20-32(34)23-30)33-18-16-29-22-27(8-4-2)12-15-31(29)24-33/h26-35H,3-25H2,1-2H3. The second-order valence-electron chi connectivity index (χ2n) is 14.9. The lowest BCUT2D eigenvalue weighted by molar-refractivity contribution is 0.0173. The van der Waals surface area contributed by atoms with Gasteiger partial charge in [0.05, 0.1) is 0 Å². The zero-order valence-electron chi connectivity index (χ0n) is 24.0. The van der Waals surface area contributed by atoms with Gasteiger partial charge >= 0.3 is 0 Å². The summed E-state index contributed by atoms with van der Waals surface area (Å²) < 4.78 is 0. The summed E-state index contributed by atoms with van der Waals surface area (Å²) in [7, 11) is 0. The van der Waals surface area contributed by atoms with Gasteiger partial charge in [-0.05, 0) is 143 Å². The van der Waals surface area contributed by atoms with Gasteiger partial charge in [-0.3, -0.25) is 0 Å². The van der Waals surface area contributed by atoms with E-state index >= 15 is 0 Å². The first kappa shape index (κ1) is 26.6. The Morgan fingerprint density at radius 2 is 0.771 bits per heavy atom. The lowest BCUT2D eigenvalue weighted by Crippen LogP contribution is -2.38. The molecule has 0 saturated heterocycles. The van der Waals surface area contributed by atoms with Crippen LogP contribution < -0.4 is 0 Å². The molecular weight excluding hydrogens is 420 g/mol. The van der Waals surface area contributed by atoms with Crippen LogP contribution in [0.1, 0.15) is 162 Å². The van der Waals surface area contributed by atoms with Crippen LogP contribution in [0, 0.1) is 59.2 Å². The first-order valence-electron chi connectivity index (χ1n) is 17.2. The van der Waals surface area contributed by atoms with Gasteiger partial charge in [0.1, 0.15) is 0 Å². The highest BCUT2D eigenvalue weighted by Crippen LogP contribution is 2.54. The maximum Gasteiger partial charge on any atom is -0.0383 e. The zero-order valence-corrected chi connectivity index (χ0v) is 24.0. The van der Waals surface area contributed by atoms with Crippen molar-refractivity contribution in [2.45, 2.75) is 162 Å². The average Bonchev–Trinajstić information content (AvgIpc) is 2.91.